The van der Waals surface area contributed by atoms with Crippen LogP contribution in [0.4, 0.5) is 0 Å². The lowest BCUT2D eigenvalue weighted by atomic mass is 9.72. The number of ketones is 1. The summed E-state index contributed by atoms with van der Waals surface area (Å²) in [6.07, 6.45) is 10.5. The minimum Gasteiger partial charge on any atom is -0.305 e. The highest BCUT2D eigenvalue weighted by Gasteiger charge is 2.43. The van der Waals surface area contributed by atoms with Gasteiger partial charge in [0.1, 0.15) is 0 Å². The first-order valence-corrected chi connectivity index (χ1v) is 8.01. The predicted octanol–water partition coefficient (Wildman–Crippen LogP) is 3.69. The van der Waals surface area contributed by atoms with Gasteiger partial charge in [-0.1, -0.05) is 26.7 Å². The van der Waals surface area contributed by atoms with Crippen LogP contribution in [0.3, 0.4) is 0 Å². The van der Waals surface area contributed by atoms with Crippen LogP contribution in [0.5, 0.6) is 0 Å². The van der Waals surface area contributed by atoms with Gasteiger partial charge in [-0.3, -0.25) is 4.79 Å². The lowest BCUT2D eigenvalue weighted by molar-refractivity contribution is -0.130. The fourth-order valence-electron chi connectivity index (χ4n) is 4.00. The molecule has 0 aromatic rings. The SMILES string of the molecule is CCCC1(C(=O)C2CCC(CC)CC2)CCCN1. The summed E-state index contributed by atoms with van der Waals surface area (Å²) in [6, 6.07) is 0. The van der Waals surface area contributed by atoms with Crippen molar-refractivity contribution < 1.29 is 4.79 Å². The molecule has 1 heterocycles. The van der Waals surface area contributed by atoms with Gasteiger partial charge in [-0.2, -0.15) is 0 Å². The average Bonchev–Trinajstić information content (AvgIpc) is 2.88. The molecule has 1 saturated carbocycles. The minimum absolute atomic E-state index is 0.140. The fraction of sp³-hybridized carbons (Fsp3) is 0.938. The predicted molar refractivity (Wildman–Crippen MR) is 75.6 cm³/mol. The van der Waals surface area contributed by atoms with Gasteiger partial charge in [-0.15, -0.1) is 0 Å². The summed E-state index contributed by atoms with van der Waals surface area (Å²) in [5, 5.41) is 3.54. The van der Waals surface area contributed by atoms with Crippen LogP contribution in [0, 0.1) is 11.8 Å². The van der Waals surface area contributed by atoms with Crippen LogP contribution in [-0.4, -0.2) is 17.9 Å². The third-order valence-corrected chi connectivity index (χ3v) is 5.19. The molecule has 0 spiro atoms. The molecule has 0 radical (unpaired) electrons. The maximum Gasteiger partial charge on any atom is 0.155 e. The van der Waals surface area contributed by atoms with Crippen molar-refractivity contribution in [2.75, 3.05) is 6.54 Å². The molecule has 1 unspecified atom stereocenters. The number of hydrogen-bond acceptors (Lipinski definition) is 2. The summed E-state index contributed by atoms with van der Waals surface area (Å²) in [7, 11) is 0. The second-order valence-corrected chi connectivity index (χ2v) is 6.35. The number of rotatable bonds is 5. The van der Waals surface area contributed by atoms with Gasteiger partial charge in [-0.05, 0) is 57.4 Å². The van der Waals surface area contributed by atoms with Crippen molar-refractivity contribution in [2.45, 2.75) is 77.2 Å². The first-order valence-electron chi connectivity index (χ1n) is 8.01. The normalized spacial score (nSPS) is 36.8. The van der Waals surface area contributed by atoms with E-state index < -0.39 is 0 Å². The Morgan fingerprint density at radius 3 is 2.44 bits per heavy atom. The molecule has 0 aromatic heterocycles. The Labute approximate surface area is 112 Å². The van der Waals surface area contributed by atoms with E-state index in [0.717, 1.165) is 44.6 Å². The van der Waals surface area contributed by atoms with Gasteiger partial charge < -0.3 is 5.32 Å². The Bertz CT molecular complexity index is 273. The molecule has 1 atom stereocenters. The van der Waals surface area contributed by atoms with E-state index in [-0.39, 0.29) is 5.54 Å². The van der Waals surface area contributed by atoms with Crippen LogP contribution >= 0.6 is 0 Å². The highest BCUT2D eigenvalue weighted by atomic mass is 16.1. The third-order valence-electron chi connectivity index (χ3n) is 5.19. The molecular formula is C16H29NO. The summed E-state index contributed by atoms with van der Waals surface area (Å²) in [4.78, 5) is 12.8. The first-order chi connectivity index (χ1) is 8.72. The van der Waals surface area contributed by atoms with Crippen molar-refractivity contribution in [3.8, 4) is 0 Å². The molecule has 2 rings (SSSR count). The lowest BCUT2D eigenvalue weighted by Crippen LogP contribution is -2.50. The molecular weight excluding hydrogens is 222 g/mol. The monoisotopic (exact) mass is 251 g/mol. The van der Waals surface area contributed by atoms with Gasteiger partial charge in [0.25, 0.3) is 0 Å². The summed E-state index contributed by atoms with van der Waals surface area (Å²) < 4.78 is 0. The Morgan fingerprint density at radius 2 is 1.94 bits per heavy atom. The van der Waals surface area contributed by atoms with Crippen molar-refractivity contribution in [1.82, 2.24) is 5.32 Å². The maximum absolute atomic E-state index is 12.8. The zero-order valence-corrected chi connectivity index (χ0v) is 12.1. The molecule has 1 aliphatic carbocycles. The lowest BCUT2D eigenvalue weighted by Gasteiger charge is -2.35. The quantitative estimate of drug-likeness (QED) is 0.807. The highest BCUT2D eigenvalue weighted by Crippen LogP contribution is 2.36. The van der Waals surface area contributed by atoms with Gasteiger partial charge in [-0.25, -0.2) is 0 Å². The first kappa shape index (κ1) is 14.0. The van der Waals surface area contributed by atoms with Gasteiger partial charge in [0, 0.05) is 5.92 Å². The minimum atomic E-state index is -0.140. The van der Waals surface area contributed by atoms with E-state index in [9.17, 15) is 4.79 Å². The molecule has 0 bridgehead atoms. The molecule has 2 heteroatoms. The Hall–Kier alpha value is -0.370. The number of hydrogen-bond donors (Lipinski definition) is 1. The number of Topliss-reactive ketones (excluding diaryl/α,β-unsaturated/α-hetero) is 1. The summed E-state index contributed by atoms with van der Waals surface area (Å²) in [5.74, 6) is 1.79. The van der Waals surface area contributed by atoms with Crippen molar-refractivity contribution in [2.24, 2.45) is 11.8 Å². The van der Waals surface area contributed by atoms with Gasteiger partial charge in [0.2, 0.25) is 0 Å². The average molecular weight is 251 g/mol. The molecule has 1 N–H and O–H groups in total. The van der Waals surface area contributed by atoms with Crippen LogP contribution in [-0.2, 0) is 4.79 Å². The van der Waals surface area contributed by atoms with Gasteiger partial charge in [0.05, 0.1) is 5.54 Å². The molecule has 2 fully saturated rings. The van der Waals surface area contributed by atoms with Gasteiger partial charge in [0.15, 0.2) is 5.78 Å². The van der Waals surface area contributed by atoms with Crippen LogP contribution < -0.4 is 5.32 Å². The van der Waals surface area contributed by atoms with E-state index in [2.05, 4.69) is 19.2 Å². The summed E-state index contributed by atoms with van der Waals surface area (Å²) in [6.45, 7) is 5.52. The van der Waals surface area contributed by atoms with E-state index >= 15 is 0 Å². The summed E-state index contributed by atoms with van der Waals surface area (Å²) in [5.41, 5.74) is -0.140. The molecule has 18 heavy (non-hydrogen) atoms. The number of carbonyl (C=O) groups is 1. The number of nitrogens with one attached hydrogen (secondary N) is 1. The van der Waals surface area contributed by atoms with Gasteiger partial charge >= 0.3 is 0 Å². The van der Waals surface area contributed by atoms with Crippen molar-refractivity contribution >= 4 is 5.78 Å². The second-order valence-electron chi connectivity index (χ2n) is 6.35. The van der Waals surface area contributed by atoms with E-state index in [1.54, 1.807) is 0 Å². The molecule has 2 nitrogen and oxygen atoms in total. The van der Waals surface area contributed by atoms with Crippen molar-refractivity contribution in [3.63, 3.8) is 0 Å². The molecule has 104 valence electrons. The molecule has 0 aromatic carbocycles. The van der Waals surface area contributed by atoms with Crippen LogP contribution in [0.2, 0.25) is 0 Å². The topological polar surface area (TPSA) is 29.1 Å². The second kappa shape index (κ2) is 6.18. The zero-order valence-electron chi connectivity index (χ0n) is 12.1. The molecule has 1 saturated heterocycles. The Morgan fingerprint density at radius 1 is 1.22 bits per heavy atom. The summed E-state index contributed by atoms with van der Waals surface area (Å²) >= 11 is 0. The van der Waals surface area contributed by atoms with E-state index in [4.69, 9.17) is 0 Å². The molecule has 0 amide bonds. The van der Waals surface area contributed by atoms with E-state index in [1.807, 2.05) is 0 Å². The highest BCUT2D eigenvalue weighted by molar-refractivity contribution is 5.90. The third kappa shape index (κ3) is 2.79. The van der Waals surface area contributed by atoms with E-state index in [0.29, 0.717) is 11.7 Å². The largest absolute Gasteiger partial charge is 0.305 e. The molecule has 2 aliphatic rings. The Kier molecular flexibility index (Phi) is 4.83. The number of carbonyl (C=O) groups excluding carboxylic acids is 1. The van der Waals surface area contributed by atoms with Crippen LogP contribution in [0.1, 0.15) is 71.6 Å². The van der Waals surface area contributed by atoms with Crippen molar-refractivity contribution in [3.05, 3.63) is 0 Å². The maximum atomic E-state index is 12.8. The Balaban J connectivity index is 1.97. The van der Waals surface area contributed by atoms with Crippen molar-refractivity contribution in [1.29, 1.82) is 0 Å². The molecule has 1 aliphatic heterocycles. The smallest absolute Gasteiger partial charge is 0.155 e. The fourth-order valence-corrected chi connectivity index (χ4v) is 4.00. The zero-order chi connectivity index (χ0) is 13.0. The van der Waals surface area contributed by atoms with Crippen LogP contribution in [0.25, 0.3) is 0 Å². The van der Waals surface area contributed by atoms with Crippen LogP contribution in [0.15, 0.2) is 0 Å². The standard InChI is InChI=1S/C16H29NO/c1-3-10-16(11-5-12-17-16)15(18)14-8-6-13(4-2)7-9-14/h13-14,17H,3-12H2,1-2H3. The van der Waals surface area contributed by atoms with E-state index in [1.165, 1.54) is 25.7 Å².